The molecule has 0 bridgehead atoms. The van der Waals surface area contributed by atoms with E-state index in [0.29, 0.717) is 13.0 Å². The number of nitrogens with two attached hydrogens (primary N) is 1. The SMILES string of the molecule is N[C@@H]1C[C@@H](N2Cc3cn[nH]c3C2)CO[C@@H]1c1cc(F)ccc1F. The molecule has 1 aromatic heterocycles. The van der Waals surface area contributed by atoms with Crippen molar-refractivity contribution in [1.82, 2.24) is 15.1 Å². The molecule has 1 saturated heterocycles. The third kappa shape index (κ3) is 2.65. The molecule has 23 heavy (non-hydrogen) atoms. The molecule has 5 nitrogen and oxygen atoms in total. The van der Waals surface area contributed by atoms with E-state index in [-0.39, 0.29) is 17.6 Å². The zero-order valence-electron chi connectivity index (χ0n) is 12.5. The van der Waals surface area contributed by atoms with Gasteiger partial charge in [-0.2, -0.15) is 5.10 Å². The first-order valence-corrected chi connectivity index (χ1v) is 7.69. The zero-order valence-corrected chi connectivity index (χ0v) is 12.5. The Hall–Kier alpha value is -1.83. The molecule has 0 spiro atoms. The Morgan fingerprint density at radius 3 is 2.96 bits per heavy atom. The van der Waals surface area contributed by atoms with Gasteiger partial charge in [0.25, 0.3) is 0 Å². The summed E-state index contributed by atoms with van der Waals surface area (Å²) in [6.45, 7) is 2.05. The van der Waals surface area contributed by atoms with Crippen molar-refractivity contribution in [1.29, 1.82) is 0 Å². The second-order valence-electron chi connectivity index (χ2n) is 6.25. The van der Waals surface area contributed by atoms with Crippen molar-refractivity contribution in [2.45, 2.75) is 37.7 Å². The molecule has 2 aliphatic heterocycles. The molecule has 4 rings (SSSR count). The Kier molecular flexibility index (Phi) is 3.63. The first kappa shape index (κ1) is 14.7. The van der Waals surface area contributed by atoms with Crippen LogP contribution in [-0.4, -0.2) is 33.8 Å². The fourth-order valence-corrected chi connectivity index (χ4v) is 3.50. The lowest BCUT2D eigenvalue weighted by Crippen LogP contribution is -2.47. The number of hydrogen-bond donors (Lipinski definition) is 2. The molecule has 3 N–H and O–H groups in total. The van der Waals surface area contributed by atoms with Crippen LogP contribution < -0.4 is 5.73 Å². The summed E-state index contributed by atoms with van der Waals surface area (Å²) in [5, 5.41) is 7.01. The number of benzene rings is 1. The van der Waals surface area contributed by atoms with Crippen LogP contribution in [0.4, 0.5) is 8.78 Å². The molecule has 122 valence electrons. The maximum absolute atomic E-state index is 13.9. The van der Waals surface area contributed by atoms with Crippen LogP contribution in [0.5, 0.6) is 0 Å². The number of ether oxygens (including phenoxy) is 1. The third-order valence-corrected chi connectivity index (χ3v) is 4.72. The molecular weight excluding hydrogens is 302 g/mol. The van der Waals surface area contributed by atoms with E-state index in [4.69, 9.17) is 10.5 Å². The van der Waals surface area contributed by atoms with E-state index in [1.165, 1.54) is 11.6 Å². The molecule has 7 heteroatoms. The highest BCUT2D eigenvalue weighted by atomic mass is 19.1. The van der Waals surface area contributed by atoms with Gasteiger partial charge in [-0.05, 0) is 24.6 Å². The predicted molar refractivity (Wildman–Crippen MR) is 79.3 cm³/mol. The summed E-state index contributed by atoms with van der Waals surface area (Å²) in [4.78, 5) is 2.28. The van der Waals surface area contributed by atoms with Gasteiger partial charge in [-0.3, -0.25) is 10.00 Å². The van der Waals surface area contributed by atoms with Crippen LogP contribution in [0.3, 0.4) is 0 Å². The van der Waals surface area contributed by atoms with Crippen molar-refractivity contribution in [3.8, 4) is 0 Å². The van der Waals surface area contributed by atoms with Crippen molar-refractivity contribution in [3.05, 3.63) is 52.9 Å². The van der Waals surface area contributed by atoms with E-state index in [1.807, 2.05) is 6.20 Å². The van der Waals surface area contributed by atoms with Crippen LogP contribution in [0.2, 0.25) is 0 Å². The Bertz CT molecular complexity index is 699. The van der Waals surface area contributed by atoms with Gasteiger partial charge in [0, 0.05) is 36.3 Å². The topological polar surface area (TPSA) is 67.2 Å². The van der Waals surface area contributed by atoms with Crippen molar-refractivity contribution in [2.75, 3.05) is 6.61 Å². The number of aromatic nitrogens is 2. The molecule has 0 unspecified atom stereocenters. The lowest BCUT2D eigenvalue weighted by molar-refractivity contribution is -0.0533. The van der Waals surface area contributed by atoms with Gasteiger partial charge in [0.1, 0.15) is 17.7 Å². The Morgan fingerprint density at radius 1 is 1.30 bits per heavy atom. The molecule has 1 aromatic carbocycles. The van der Waals surface area contributed by atoms with E-state index in [2.05, 4.69) is 15.1 Å². The minimum absolute atomic E-state index is 0.165. The van der Waals surface area contributed by atoms with Crippen molar-refractivity contribution < 1.29 is 13.5 Å². The maximum Gasteiger partial charge on any atom is 0.129 e. The second kappa shape index (κ2) is 5.67. The number of nitrogens with one attached hydrogen (secondary N) is 1. The van der Waals surface area contributed by atoms with E-state index in [0.717, 1.165) is 30.9 Å². The molecule has 2 aromatic rings. The molecule has 3 heterocycles. The number of aromatic amines is 1. The quantitative estimate of drug-likeness (QED) is 0.886. The van der Waals surface area contributed by atoms with Crippen LogP contribution in [0.15, 0.2) is 24.4 Å². The Labute approximate surface area is 132 Å². The van der Waals surface area contributed by atoms with Crippen molar-refractivity contribution in [3.63, 3.8) is 0 Å². The predicted octanol–water partition coefficient (Wildman–Crippen LogP) is 1.86. The first-order chi connectivity index (χ1) is 11.1. The number of H-pyrrole nitrogens is 1. The van der Waals surface area contributed by atoms with Gasteiger partial charge < -0.3 is 10.5 Å². The van der Waals surface area contributed by atoms with E-state index >= 15 is 0 Å². The lowest BCUT2D eigenvalue weighted by Gasteiger charge is -2.38. The molecule has 3 atom stereocenters. The second-order valence-corrected chi connectivity index (χ2v) is 6.25. The van der Waals surface area contributed by atoms with Crippen molar-refractivity contribution >= 4 is 0 Å². The summed E-state index contributed by atoms with van der Waals surface area (Å²) in [7, 11) is 0. The van der Waals surface area contributed by atoms with Crippen LogP contribution in [-0.2, 0) is 17.8 Å². The summed E-state index contributed by atoms with van der Waals surface area (Å²) < 4.78 is 33.1. The molecule has 0 radical (unpaired) electrons. The van der Waals surface area contributed by atoms with E-state index in [9.17, 15) is 8.78 Å². The highest BCUT2D eigenvalue weighted by Crippen LogP contribution is 2.33. The average Bonchev–Trinajstić information content (AvgIpc) is 3.11. The van der Waals surface area contributed by atoms with Gasteiger partial charge in [-0.1, -0.05) is 0 Å². The fraction of sp³-hybridized carbons (Fsp3) is 0.438. The fourth-order valence-electron chi connectivity index (χ4n) is 3.50. The molecule has 2 aliphatic rings. The normalized spacial score (nSPS) is 28.0. The number of hydrogen-bond acceptors (Lipinski definition) is 4. The Balaban J connectivity index is 1.46. The summed E-state index contributed by atoms with van der Waals surface area (Å²) in [6.07, 6.45) is 1.91. The van der Waals surface area contributed by atoms with Crippen LogP contribution >= 0.6 is 0 Å². The highest BCUT2D eigenvalue weighted by Gasteiger charge is 2.36. The zero-order chi connectivity index (χ0) is 16.0. The van der Waals surface area contributed by atoms with Crippen LogP contribution in [0.1, 0.15) is 29.3 Å². The summed E-state index contributed by atoms with van der Waals surface area (Å²) >= 11 is 0. The molecule has 0 saturated carbocycles. The van der Waals surface area contributed by atoms with Gasteiger partial charge in [0.05, 0.1) is 18.5 Å². The molecule has 0 amide bonds. The number of rotatable bonds is 2. The number of fused-ring (bicyclic) bond motifs is 1. The van der Waals surface area contributed by atoms with E-state index < -0.39 is 17.7 Å². The number of nitrogens with zero attached hydrogens (tertiary/aromatic N) is 2. The van der Waals surface area contributed by atoms with Crippen LogP contribution in [0.25, 0.3) is 0 Å². The molecule has 0 aliphatic carbocycles. The minimum atomic E-state index is -0.607. The number of halogens is 2. The average molecular weight is 320 g/mol. The van der Waals surface area contributed by atoms with Gasteiger partial charge >= 0.3 is 0 Å². The molecule has 1 fully saturated rings. The summed E-state index contributed by atoms with van der Waals surface area (Å²) in [6, 6.07) is 3.18. The lowest BCUT2D eigenvalue weighted by atomic mass is 9.93. The highest BCUT2D eigenvalue weighted by molar-refractivity contribution is 5.24. The van der Waals surface area contributed by atoms with Crippen LogP contribution in [0, 0.1) is 11.6 Å². The summed E-state index contributed by atoms with van der Waals surface area (Å²) in [5.74, 6) is -0.961. The van der Waals surface area contributed by atoms with Crippen molar-refractivity contribution in [2.24, 2.45) is 5.73 Å². The smallest absolute Gasteiger partial charge is 0.129 e. The van der Waals surface area contributed by atoms with Gasteiger partial charge in [-0.15, -0.1) is 0 Å². The standard InChI is InChI=1S/C16H18F2N4O/c17-10-1-2-13(18)12(3-10)16-14(19)4-11(8-23-16)22-6-9-5-20-21-15(9)7-22/h1-3,5,11,14,16H,4,6-8,19H2,(H,20,21)/t11-,14-,16-/m1/s1. The largest absolute Gasteiger partial charge is 0.370 e. The van der Waals surface area contributed by atoms with Gasteiger partial charge in [-0.25, -0.2) is 8.78 Å². The third-order valence-electron chi connectivity index (χ3n) is 4.72. The minimum Gasteiger partial charge on any atom is -0.370 e. The monoisotopic (exact) mass is 320 g/mol. The van der Waals surface area contributed by atoms with E-state index in [1.54, 1.807) is 0 Å². The summed E-state index contributed by atoms with van der Waals surface area (Å²) in [5.41, 5.74) is 8.72. The molecular formula is C16H18F2N4O. The Morgan fingerprint density at radius 2 is 2.17 bits per heavy atom. The first-order valence-electron chi connectivity index (χ1n) is 7.69. The maximum atomic E-state index is 13.9. The van der Waals surface area contributed by atoms with Gasteiger partial charge in [0.15, 0.2) is 0 Å². The van der Waals surface area contributed by atoms with Gasteiger partial charge in [0.2, 0.25) is 0 Å².